The Morgan fingerprint density at radius 1 is 1.35 bits per heavy atom. The zero-order valence-electron chi connectivity index (χ0n) is 13.4. The smallest absolute Gasteiger partial charge is 0.234 e. The third kappa shape index (κ3) is 4.19. The van der Waals surface area contributed by atoms with Crippen molar-refractivity contribution in [3.63, 3.8) is 0 Å². The van der Waals surface area contributed by atoms with Gasteiger partial charge in [0.2, 0.25) is 5.91 Å². The molecule has 0 saturated carbocycles. The van der Waals surface area contributed by atoms with Crippen LogP contribution in [-0.2, 0) is 4.79 Å². The van der Waals surface area contributed by atoms with Crippen LogP contribution in [0.5, 0.6) is 0 Å². The number of amides is 1. The zero-order chi connectivity index (χ0) is 14.6. The molecule has 116 valence electrons. The second kappa shape index (κ2) is 6.44. The predicted octanol–water partition coefficient (Wildman–Crippen LogP) is 1.76. The van der Waals surface area contributed by atoms with E-state index in [1.165, 1.54) is 25.7 Å². The highest BCUT2D eigenvalue weighted by molar-refractivity contribution is 5.78. The molecule has 0 bridgehead atoms. The molecule has 2 heterocycles. The van der Waals surface area contributed by atoms with Gasteiger partial charge in [-0.15, -0.1) is 0 Å². The van der Waals surface area contributed by atoms with Crippen molar-refractivity contribution < 1.29 is 4.79 Å². The van der Waals surface area contributed by atoms with E-state index in [-0.39, 0.29) is 11.4 Å². The van der Waals surface area contributed by atoms with E-state index in [0.717, 1.165) is 32.6 Å². The van der Waals surface area contributed by atoms with Crippen molar-refractivity contribution in [3.05, 3.63) is 0 Å². The van der Waals surface area contributed by atoms with Gasteiger partial charge in [0.05, 0.1) is 6.54 Å². The van der Waals surface area contributed by atoms with Crippen LogP contribution in [0.2, 0.25) is 0 Å². The van der Waals surface area contributed by atoms with E-state index in [4.69, 9.17) is 0 Å². The van der Waals surface area contributed by atoms with Crippen molar-refractivity contribution in [1.82, 2.24) is 15.5 Å². The van der Waals surface area contributed by atoms with Crippen LogP contribution in [-0.4, -0.2) is 49.1 Å². The Labute approximate surface area is 123 Å². The summed E-state index contributed by atoms with van der Waals surface area (Å²) >= 11 is 0. The maximum Gasteiger partial charge on any atom is 0.234 e. The van der Waals surface area contributed by atoms with Crippen molar-refractivity contribution in [3.8, 4) is 0 Å². The van der Waals surface area contributed by atoms with Crippen molar-refractivity contribution >= 4 is 5.91 Å². The Kier molecular flexibility index (Phi) is 5.08. The van der Waals surface area contributed by atoms with Crippen molar-refractivity contribution in [2.24, 2.45) is 5.41 Å². The van der Waals surface area contributed by atoms with E-state index in [0.29, 0.717) is 12.0 Å². The zero-order valence-corrected chi connectivity index (χ0v) is 13.4. The second-order valence-electron chi connectivity index (χ2n) is 7.38. The maximum absolute atomic E-state index is 12.2. The molecule has 2 aliphatic rings. The summed E-state index contributed by atoms with van der Waals surface area (Å²) < 4.78 is 0. The van der Waals surface area contributed by atoms with Gasteiger partial charge in [0.25, 0.3) is 0 Å². The molecule has 2 aliphatic heterocycles. The lowest BCUT2D eigenvalue weighted by molar-refractivity contribution is -0.124. The molecule has 0 aromatic carbocycles. The molecule has 0 aliphatic carbocycles. The molecule has 2 rings (SSSR count). The minimum atomic E-state index is -0.0864. The molecule has 0 radical (unpaired) electrons. The number of carbonyl (C=O) groups is 1. The molecule has 0 aromatic rings. The van der Waals surface area contributed by atoms with Crippen LogP contribution in [0, 0.1) is 5.41 Å². The van der Waals surface area contributed by atoms with Crippen LogP contribution >= 0.6 is 0 Å². The minimum absolute atomic E-state index is 0.0864. The molecule has 4 heteroatoms. The first-order chi connectivity index (χ1) is 9.45. The Bertz CT molecular complexity index is 329. The van der Waals surface area contributed by atoms with Crippen LogP contribution in [0.1, 0.15) is 52.9 Å². The number of hydrogen-bond acceptors (Lipinski definition) is 3. The highest BCUT2D eigenvalue weighted by Crippen LogP contribution is 2.35. The second-order valence-corrected chi connectivity index (χ2v) is 7.38. The number of nitrogens with zero attached hydrogens (tertiary/aromatic N) is 1. The summed E-state index contributed by atoms with van der Waals surface area (Å²) in [6.07, 6.45) is 6.11. The molecule has 4 nitrogen and oxygen atoms in total. The van der Waals surface area contributed by atoms with Gasteiger partial charge in [0, 0.05) is 18.6 Å². The van der Waals surface area contributed by atoms with E-state index in [1.807, 2.05) is 0 Å². The van der Waals surface area contributed by atoms with Crippen LogP contribution in [0.4, 0.5) is 0 Å². The fraction of sp³-hybridized carbons (Fsp3) is 0.938. The molecule has 0 aromatic heterocycles. The molecular weight excluding hydrogens is 250 g/mol. The van der Waals surface area contributed by atoms with Crippen LogP contribution in [0.15, 0.2) is 0 Å². The van der Waals surface area contributed by atoms with Crippen LogP contribution in [0.3, 0.4) is 0 Å². The first kappa shape index (κ1) is 15.8. The summed E-state index contributed by atoms with van der Waals surface area (Å²) in [5.41, 5.74) is 0.341. The van der Waals surface area contributed by atoms with Gasteiger partial charge in [-0.3, -0.25) is 9.69 Å². The number of likely N-dealkylation sites (tertiary alicyclic amines) is 1. The number of rotatable bonds is 4. The van der Waals surface area contributed by atoms with Crippen molar-refractivity contribution in [2.45, 2.75) is 58.4 Å². The van der Waals surface area contributed by atoms with Gasteiger partial charge in [0.15, 0.2) is 0 Å². The third-order valence-electron chi connectivity index (χ3n) is 5.03. The van der Waals surface area contributed by atoms with E-state index in [2.05, 4.69) is 36.3 Å². The molecule has 2 fully saturated rings. The SMILES string of the molecule is CCC(C)(C)NC(=O)CN1CCCC2(CCCNC2)C1. The number of piperidine rings is 2. The Balaban J connectivity index is 1.85. The average molecular weight is 281 g/mol. The van der Waals surface area contributed by atoms with Gasteiger partial charge in [-0.25, -0.2) is 0 Å². The number of nitrogens with one attached hydrogen (secondary N) is 2. The maximum atomic E-state index is 12.2. The van der Waals surface area contributed by atoms with Crippen molar-refractivity contribution in [2.75, 3.05) is 32.7 Å². The van der Waals surface area contributed by atoms with Crippen LogP contribution in [0.25, 0.3) is 0 Å². The standard InChI is InChI=1S/C16H31N3O/c1-4-15(2,3)18-14(20)11-19-10-6-8-16(13-19)7-5-9-17-12-16/h17H,4-13H2,1-3H3,(H,18,20). The van der Waals surface area contributed by atoms with Gasteiger partial charge in [-0.05, 0) is 64.5 Å². The Hall–Kier alpha value is -0.610. The topological polar surface area (TPSA) is 44.4 Å². The molecular formula is C16H31N3O. The minimum Gasteiger partial charge on any atom is -0.350 e. The summed E-state index contributed by atoms with van der Waals surface area (Å²) in [6.45, 7) is 11.3. The summed E-state index contributed by atoms with van der Waals surface area (Å²) in [6, 6.07) is 0. The lowest BCUT2D eigenvalue weighted by Gasteiger charge is -2.45. The van der Waals surface area contributed by atoms with Gasteiger partial charge in [-0.2, -0.15) is 0 Å². The first-order valence-electron chi connectivity index (χ1n) is 8.19. The third-order valence-corrected chi connectivity index (χ3v) is 5.03. The van der Waals surface area contributed by atoms with Gasteiger partial charge >= 0.3 is 0 Å². The monoisotopic (exact) mass is 281 g/mol. The molecule has 1 spiro atoms. The predicted molar refractivity (Wildman–Crippen MR) is 82.7 cm³/mol. The molecule has 1 unspecified atom stereocenters. The lowest BCUT2D eigenvalue weighted by Crippen LogP contribution is -2.54. The summed E-state index contributed by atoms with van der Waals surface area (Å²) in [4.78, 5) is 14.5. The van der Waals surface area contributed by atoms with Gasteiger partial charge < -0.3 is 10.6 Å². The summed E-state index contributed by atoms with van der Waals surface area (Å²) in [7, 11) is 0. The van der Waals surface area contributed by atoms with E-state index in [1.54, 1.807) is 0 Å². The normalized spacial score (nSPS) is 28.6. The number of carbonyl (C=O) groups excluding carboxylic acids is 1. The highest BCUT2D eigenvalue weighted by Gasteiger charge is 2.37. The summed E-state index contributed by atoms with van der Waals surface area (Å²) in [5.74, 6) is 0.178. The van der Waals surface area contributed by atoms with Crippen LogP contribution < -0.4 is 10.6 Å². The number of hydrogen-bond donors (Lipinski definition) is 2. The fourth-order valence-corrected chi connectivity index (χ4v) is 3.53. The average Bonchev–Trinajstić information content (AvgIpc) is 2.39. The molecule has 1 amide bonds. The fourth-order valence-electron chi connectivity index (χ4n) is 3.53. The Morgan fingerprint density at radius 3 is 2.75 bits per heavy atom. The molecule has 2 saturated heterocycles. The lowest BCUT2D eigenvalue weighted by atomic mass is 9.74. The summed E-state index contributed by atoms with van der Waals surface area (Å²) in [5, 5.41) is 6.69. The van der Waals surface area contributed by atoms with Crippen molar-refractivity contribution in [1.29, 1.82) is 0 Å². The van der Waals surface area contributed by atoms with Gasteiger partial charge in [0.1, 0.15) is 0 Å². The Morgan fingerprint density at radius 2 is 2.10 bits per heavy atom. The largest absolute Gasteiger partial charge is 0.350 e. The molecule has 20 heavy (non-hydrogen) atoms. The quantitative estimate of drug-likeness (QED) is 0.825. The van der Waals surface area contributed by atoms with Gasteiger partial charge in [-0.1, -0.05) is 6.92 Å². The molecule has 2 N–H and O–H groups in total. The van der Waals surface area contributed by atoms with E-state index in [9.17, 15) is 4.79 Å². The molecule has 1 atom stereocenters. The van der Waals surface area contributed by atoms with E-state index >= 15 is 0 Å². The first-order valence-corrected chi connectivity index (χ1v) is 8.19. The highest BCUT2D eigenvalue weighted by atomic mass is 16.2. The van der Waals surface area contributed by atoms with E-state index < -0.39 is 0 Å².